The molecule has 1 unspecified atom stereocenters. The second kappa shape index (κ2) is 10.5. The molecule has 0 spiro atoms. The van der Waals surface area contributed by atoms with E-state index in [4.69, 9.17) is 11.6 Å². The Labute approximate surface area is 203 Å². The minimum atomic E-state index is -0.0932. The largest absolute Gasteiger partial charge is 0.352 e. The van der Waals surface area contributed by atoms with Gasteiger partial charge in [0.25, 0.3) is 5.91 Å². The van der Waals surface area contributed by atoms with E-state index in [2.05, 4.69) is 10.3 Å². The summed E-state index contributed by atoms with van der Waals surface area (Å²) in [6.07, 6.45) is 1.65. The van der Waals surface area contributed by atoms with Crippen molar-refractivity contribution in [1.29, 1.82) is 0 Å². The molecule has 1 atom stereocenters. The highest BCUT2D eigenvalue weighted by Gasteiger charge is 2.31. The molecule has 172 valence electrons. The van der Waals surface area contributed by atoms with Gasteiger partial charge in [0.1, 0.15) is 9.88 Å². The zero-order chi connectivity index (χ0) is 23.4. The first kappa shape index (κ1) is 23.5. The molecule has 1 aliphatic heterocycles. The Bertz CT molecular complexity index is 1110. The number of amides is 2. The number of halogens is 1. The van der Waals surface area contributed by atoms with Crippen LogP contribution in [0, 0.1) is 18.8 Å². The molecule has 2 heterocycles. The summed E-state index contributed by atoms with van der Waals surface area (Å²) in [5.74, 6) is 0.275. The summed E-state index contributed by atoms with van der Waals surface area (Å²) >= 11 is 7.38. The van der Waals surface area contributed by atoms with Crippen LogP contribution in [0.15, 0.2) is 54.6 Å². The average Bonchev–Trinajstić information content (AvgIpc) is 3.24. The van der Waals surface area contributed by atoms with Gasteiger partial charge in [0.15, 0.2) is 0 Å². The molecule has 1 N–H and O–H groups in total. The SMILES string of the molecule is Cc1nc(-c2ccccc2)sc1C(=O)N1CCC(C(C)C(=O)NCc2ccc(Cl)cc2)CC1. The van der Waals surface area contributed by atoms with Crippen LogP contribution in [0.5, 0.6) is 0 Å². The van der Waals surface area contributed by atoms with Gasteiger partial charge in [0, 0.05) is 36.1 Å². The number of rotatable bonds is 6. The van der Waals surface area contributed by atoms with Gasteiger partial charge in [-0.1, -0.05) is 61.0 Å². The number of aryl methyl sites for hydroxylation is 1. The van der Waals surface area contributed by atoms with Crippen molar-refractivity contribution in [2.75, 3.05) is 13.1 Å². The minimum absolute atomic E-state index is 0.0467. The van der Waals surface area contributed by atoms with Crippen LogP contribution in [0.1, 0.15) is 40.7 Å². The maximum Gasteiger partial charge on any atom is 0.265 e. The fraction of sp³-hybridized carbons (Fsp3) is 0.346. The summed E-state index contributed by atoms with van der Waals surface area (Å²) in [4.78, 5) is 33.1. The fourth-order valence-corrected chi connectivity index (χ4v) is 5.38. The Balaban J connectivity index is 1.31. The molecule has 5 nitrogen and oxygen atoms in total. The first-order chi connectivity index (χ1) is 15.9. The van der Waals surface area contributed by atoms with Crippen molar-refractivity contribution in [1.82, 2.24) is 15.2 Å². The van der Waals surface area contributed by atoms with E-state index in [-0.39, 0.29) is 23.7 Å². The van der Waals surface area contributed by atoms with Crippen molar-refractivity contribution in [3.8, 4) is 10.6 Å². The second-order valence-electron chi connectivity index (χ2n) is 8.56. The van der Waals surface area contributed by atoms with Crippen molar-refractivity contribution in [3.63, 3.8) is 0 Å². The number of nitrogens with zero attached hydrogens (tertiary/aromatic N) is 2. The molecule has 0 bridgehead atoms. The number of carbonyl (C=O) groups excluding carboxylic acids is 2. The summed E-state index contributed by atoms with van der Waals surface area (Å²) < 4.78 is 0. The molecule has 0 aliphatic carbocycles. The first-order valence-corrected chi connectivity index (χ1v) is 12.5. The summed E-state index contributed by atoms with van der Waals surface area (Å²) in [7, 11) is 0. The molecule has 7 heteroatoms. The Morgan fingerprint density at radius 2 is 1.79 bits per heavy atom. The van der Waals surface area contributed by atoms with Gasteiger partial charge in [0.2, 0.25) is 5.91 Å². The van der Waals surface area contributed by atoms with Crippen molar-refractivity contribution in [2.24, 2.45) is 11.8 Å². The van der Waals surface area contributed by atoms with E-state index in [9.17, 15) is 9.59 Å². The number of benzene rings is 2. The normalized spacial score (nSPS) is 15.3. The van der Waals surface area contributed by atoms with Crippen molar-refractivity contribution in [2.45, 2.75) is 33.2 Å². The number of hydrogen-bond donors (Lipinski definition) is 1. The van der Waals surface area contributed by atoms with Crippen LogP contribution in [0.2, 0.25) is 5.02 Å². The predicted molar refractivity (Wildman–Crippen MR) is 133 cm³/mol. The van der Waals surface area contributed by atoms with Gasteiger partial charge in [-0.3, -0.25) is 9.59 Å². The smallest absolute Gasteiger partial charge is 0.265 e. The lowest BCUT2D eigenvalue weighted by Crippen LogP contribution is -2.42. The Hall–Kier alpha value is -2.70. The van der Waals surface area contributed by atoms with E-state index in [1.54, 1.807) is 0 Å². The number of likely N-dealkylation sites (tertiary alicyclic amines) is 1. The summed E-state index contributed by atoms with van der Waals surface area (Å²) in [6, 6.07) is 17.4. The van der Waals surface area contributed by atoms with Crippen LogP contribution in [0.4, 0.5) is 0 Å². The maximum absolute atomic E-state index is 13.2. The van der Waals surface area contributed by atoms with E-state index >= 15 is 0 Å². The first-order valence-electron chi connectivity index (χ1n) is 11.3. The van der Waals surface area contributed by atoms with Gasteiger partial charge >= 0.3 is 0 Å². The van der Waals surface area contributed by atoms with Crippen LogP contribution in [-0.4, -0.2) is 34.8 Å². The molecule has 2 aromatic carbocycles. The standard InChI is InChI=1S/C26H28ClN3O2S/c1-17(24(31)28-16-19-8-10-22(27)11-9-19)20-12-14-30(15-13-20)26(32)23-18(2)29-25(33-23)21-6-4-3-5-7-21/h3-11,17,20H,12-16H2,1-2H3,(H,28,31). The molecule has 0 radical (unpaired) electrons. The molecule has 1 aromatic heterocycles. The third-order valence-corrected chi connectivity index (χ3v) is 7.79. The summed E-state index contributed by atoms with van der Waals surface area (Å²) in [5, 5.41) is 4.59. The molecule has 1 saturated heterocycles. The number of hydrogen-bond acceptors (Lipinski definition) is 4. The molecule has 4 rings (SSSR count). The van der Waals surface area contributed by atoms with Gasteiger partial charge in [-0.15, -0.1) is 11.3 Å². The van der Waals surface area contributed by atoms with Crippen LogP contribution in [0.3, 0.4) is 0 Å². The van der Waals surface area contributed by atoms with Crippen LogP contribution >= 0.6 is 22.9 Å². The zero-order valence-corrected chi connectivity index (χ0v) is 20.5. The lowest BCUT2D eigenvalue weighted by Gasteiger charge is -2.34. The van der Waals surface area contributed by atoms with Gasteiger partial charge < -0.3 is 10.2 Å². The Kier molecular flexibility index (Phi) is 7.46. The highest BCUT2D eigenvalue weighted by atomic mass is 35.5. The van der Waals surface area contributed by atoms with Gasteiger partial charge in [0.05, 0.1) is 5.69 Å². The Morgan fingerprint density at radius 1 is 1.12 bits per heavy atom. The predicted octanol–water partition coefficient (Wildman–Crippen LogP) is 5.58. The second-order valence-corrected chi connectivity index (χ2v) is 10.00. The third kappa shape index (κ3) is 5.63. The minimum Gasteiger partial charge on any atom is -0.352 e. The molecule has 1 aliphatic rings. The number of nitrogens with one attached hydrogen (secondary N) is 1. The number of piperidine rings is 1. The van der Waals surface area contributed by atoms with Crippen LogP contribution in [0.25, 0.3) is 10.6 Å². The van der Waals surface area contributed by atoms with Gasteiger partial charge in [-0.25, -0.2) is 4.98 Å². The number of thiazole rings is 1. The molecule has 1 fully saturated rings. The number of aromatic nitrogens is 1. The zero-order valence-electron chi connectivity index (χ0n) is 18.9. The highest BCUT2D eigenvalue weighted by molar-refractivity contribution is 7.17. The quantitative estimate of drug-likeness (QED) is 0.500. The van der Waals surface area contributed by atoms with Crippen molar-refractivity contribution in [3.05, 3.63) is 75.8 Å². The van der Waals surface area contributed by atoms with Crippen molar-refractivity contribution < 1.29 is 9.59 Å². The maximum atomic E-state index is 13.2. The lowest BCUT2D eigenvalue weighted by atomic mass is 9.84. The molecule has 33 heavy (non-hydrogen) atoms. The molecule has 0 saturated carbocycles. The van der Waals surface area contributed by atoms with E-state index in [1.807, 2.05) is 73.3 Å². The van der Waals surface area contributed by atoms with Crippen LogP contribution < -0.4 is 5.32 Å². The summed E-state index contributed by atoms with van der Waals surface area (Å²) in [6.45, 7) is 5.70. The van der Waals surface area contributed by atoms with E-state index < -0.39 is 0 Å². The molecule has 2 amide bonds. The number of carbonyl (C=O) groups is 2. The summed E-state index contributed by atoms with van der Waals surface area (Å²) in [5.41, 5.74) is 2.83. The van der Waals surface area contributed by atoms with E-state index in [0.29, 0.717) is 29.5 Å². The lowest BCUT2D eigenvalue weighted by molar-refractivity contribution is -0.126. The van der Waals surface area contributed by atoms with Crippen LogP contribution in [-0.2, 0) is 11.3 Å². The molecular formula is C26H28ClN3O2S. The fourth-order valence-electron chi connectivity index (χ4n) is 4.21. The van der Waals surface area contributed by atoms with Gasteiger partial charge in [-0.05, 0) is 43.4 Å². The van der Waals surface area contributed by atoms with E-state index in [1.165, 1.54) is 11.3 Å². The molecular weight excluding hydrogens is 454 g/mol. The monoisotopic (exact) mass is 481 g/mol. The molecule has 3 aromatic rings. The van der Waals surface area contributed by atoms with Crippen molar-refractivity contribution >= 4 is 34.8 Å². The topological polar surface area (TPSA) is 62.3 Å². The highest BCUT2D eigenvalue weighted by Crippen LogP contribution is 2.31. The Morgan fingerprint density at radius 3 is 2.45 bits per heavy atom. The third-order valence-electron chi connectivity index (χ3n) is 6.34. The average molecular weight is 482 g/mol. The van der Waals surface area contributed by atoms with E-state index in [0.717, 1.165) is 34.7 Å². The van der Waals surface area contributed by atoms with Gasteiger partial charge in [-0.2, -0.15) is 0 Å².